The zero-order chi connectivity index (χ0) is 14.5. The highest BCUT2D eigenvalue weighted by atomic mass is 16.6. The van der Waals surface area contributed by atoms with E-state index in [-0.39, 0.29) is 11.7 Å². The van der Waals surface area contributed by atoms with Gasteiger partial charge in [-0.3, -0.25) is 15.1 Å². The Morgan fingerprint density at radius 3 is 2.75 bits per heavy atom. The average molecular weight is 273 g/mol. The van der Waals surface area contributed by atoms with Gasteiger partial charge < -0.3 is 10.1 Å². The summed E-state index contributed by atoms with van der Waals surface area (Å²) in [5, 5.41) is 14.1. The van der Waals surface area contributed by atoms with E-state index in [9.17, 15) is 10.1 Å². The van der Waals surface area contributed by atoms with Gasteiger partial charge in [-0.25, -0.2) is 0 Å². The quantitative estimate of drug-likeness (QED) is 0.668. The number of pyridine rings is 1. The summed E-state index contributed by atoms with van der Waals surface area (Å²) in [5.41, 5.74) is 1.47. The first-order valence-corrected chi connectivity index (χ1v) is 6.11. The lowest BCUT2D eigenvalue weighted by Gasteiger charge is -2.15. The molecule has 6 nitrogen and oxygen atoms in total. The molecule has 1 unspecified atom stereocenters. The molecule has 0 aliphatic carbocycles. The zero-order valence-corrected chi connectivity index (χ0v) is 11.2. The van der Waals surface area contributed by atoms with E-state index >= 15 is 0 Å². The topological polar surface area (TPSA) is 77.3 Å². The molecule has 0 saturated heterocycles. The fraction of sp³-hybridized carbons (Fsp3) is 0.214. The van der Waals surface area contributed by atoms with Crippen LogP contribution in [0.15, 0.2) is 42.6 Å². The number of nitrogens with zero attached hydrogens (tertiary/aromatic N) is 2. The second-order valence-electron chi connectivity index (χ2n) is 4.30. The van der Waals surface area contributed by atoms with Gasteiger partial charge >= 0.3 is 0 Å². The lowest BCUT2D eigenvalue weighted by atomic mass is 10.2. The largest absolute Gasteiger partial charge is 0.496 e. The number of ether oxygens (including phenoxy) is 1. The fourth-order valence-electron chi connectivity index (χ4n) is 1.85. The zero-order valence-electron chi connectivity index (χ0n) is 11.2. The highest BCUT2D eigenvalue weighted by Crippen LogP contribution is 2.28. The highest BCUT2D eigenvalue weighted by molar-refractivity contribution is 5.57. The van der Waals surface area contributed by atoms with Crippen LogP contribution >= 0.6 is 0 Å². The van der Waals surface area contributed by atoms with Crippen LogP contribution in [-0.4, -0.2) is 17.0 Å². The number of rotatable bonds is 5. The minimum absolute atomic E-state index is 0.0138. The van der Waals surface area contributed by atoms with E-state index in [4.69, 9.17) is 4.74 Å². The number of non-ortho nitro benzene ring substituents is 1. The first kappa shape index (κ1) is 13.8. The number of nitrogens with one attached hydrogen (secondary N) is 1. The van der Waals surface area contributed by atoms with Crippen LogP contribution in [0.5, 0.6) is 5.75 Å². The average Bonchev–Trinajstić information content (AvgIpc) is 2.47. The molecule has 1 heterocycles. The summed E-state index contributed by atoms with van der Waals surface area (Å²) in [4.78, 5) is 14.7. The fourth-order valence-corrected chi connectivity index (χ4v) is 1.85. The molecule has 2 aromatic rings. The van der Waals surface area contributed by atoms with Crippen LogP contribution in [0.3, 0.4) is 0 Å². The normalized spacial score (nSPS) is 11.7. The van der Waals surface area contributed by atoms with E-state index in [1.165, 1.54) is 19.2 Å². The molecule has 104 valence electrons. The number of anilines is 1. The lowest BCUT2D eigenvalue weighted by molar-refractivity contribution is -0.384. The van der Waals surface area contributed by atoms with E-state index in [1.807, 2.05) is 25.1 Å². The van der Waals surface area contributed by atoms with Crippen molar-refractivity contribution in [3.63, 3.8) is 0 Å². The number of hydrogen-bond acceptors (Lipinski definition) is 5. The van der Waals surface area contributed by atoms with E-state index < -0.39 is 4.92 Å². The Morgan fingerprint density at radius 1 is 1.35 bits per heavy atom. The van der Waals surface area contributed by atoms with Gasteiger partial charge in [0.05, 0.1) is 29.8 Å². The van der Waals surface area contributed by atoms with Crippen molar-refractivity contribution in [2.75, 3.05) is 12.4 Å². The van der Waals surface area contributed by atoms with Crippen LogP contribution < -0.4 is 10.1 Å². The summed E-state index contributed by atoms with van der Waals surface area (Å²) in [6.07, 6.45) is 1.71. The Labute approximate surface area is 116 Å². The van der Waals surface area contributed by atoms with Gasteiger partial charge in [0, 0.05) is 24.0 Å². The molecule has 1 aromatic carbocycles. The molecule has 0 amide bonds. The second kappa shape index (κ2) is 6.01. The molecular formula is C14H15N3O3. The predicted molar refractivity (Wildman–Crippen MR) is 75.9 cm³/mol. The molecule has 1 aromatic heterocycles. The molecule has 1 atom stereocenters. The summed E-state index contributed by atoms with van der Waals surface area (Å²) < 4.78 is 5.07. The smallest absolute Gasteiger partial charge is 0.275 e. The van der Waals surface area contributed by atoms with Crippen molar-refractivity contribution in [3.05, 3.63) is 58.4 Å². The number of methoxy groups -OCH3 is 1. The first-order chi connectivity index (χ1) is 9.60. The van der Waals surface area contributed by atoms with E-state index in [1.54, 1.807) is 12.3 Å². The lowest BCUT2D eigenvalue weighted by Crippen LogP contribution is -2.08. The number of nitro groups is 1. The number of nitro benzene ring substituents is 1. The van der Waals surface area contributed by atoms with Crippen molar-refractivity contribution in [2.45, 2.75) is 13.0 Å². The van der Waals surface area contributed by atoms with Crippen LogP contribution in [0.1, 0.15) is 18.7 Å². The molecule has 0 fully saturated rings. The molecular weight excluding hydrogens is 258 g/mol. The van der Waals surface area contributed by atoms with Crippen molar-refractivity contribution in [1.29, 1.82) is 0 Å². The molecule has 1 N–H and O–H groups in total. The summed E-state index contributed by atoms with van der Waals surface area (Å²) in [6, 6.07) is 10.1. The van der Waals surface area contributed by atoms with Crippen LogP contribution in [0, 0.1) is 10.1 Å². The predicted octanol–water partition coefficient (Wildman–Crippen LogP) is 3.17. The van der Waals surface area contributed by atoms with E-state index in [0.29, 0.717) is 11.4 Å². The van der Waals surface area contributed by atoms with Gasteiger partial charge in [-0.05, 0) is 19.1 Å². The number of benzene rings is 1. The monoisotopic (exact) mass is 273 g/mol. The maximum Gasteiger partial charge on any atom is 0.275 e. The van der Waals surface area contributed by atoms with Crippen LogP contribution in [-0.2, 0) is 0 Å². The molecule has 0 aliphatic heterocycles. The molecule has 0 spiro atoms. The van der Waals surface area contributed by atoms with E-state index in [2.05, 4.69) is 10.3 Å². The standard InChI is InChI=1S/C14H15N3O3/c1-10(14-5-3-4-6-15-14)16-11-7-12(17(18)19)9-13(8-11)20-2/h3-10,16H,1-2H3. The maximum atomic E-state index is 10.9. The van der Waals surface area contributed by atoms with Crippen LogP contribution in [0.2, 0.25) is 0 Å². The molecule has 0 radical (unpaired) electrons. The molecule has 20 heavy (non-hydrogen) atoms. The molecule has 2 rings (SSSR count). The van der Waals surface area contributed by atoms with Gasteiger partial charge in [-0.2, -0.15) is 0 Å². The van der Waals surface area contributed by atoms with Gasteiger partial charge in [0.15, 0.2) is 0 Å². The molecule has 0 aliphatic rings. The Morgan fingerprint density at radius 2 is 2.15 bits per heavy atom. The highest BCUT2D eigenvalue weighted by Gasteiger charge is 2.12. The Kier molecular flexibility index (Phi) is 4.14. The van der Waals surface area contributed by atoms with Gasteiger partial charge in [-0.15, -0.1) is 0 Å². The molecule has 6 heteroatoms. The van der Waals surface area contributed by atoms with Crippen LogP contribution in [0.25, 0.3) is 0 Å². The maximum absolute atomic E-state index is 10.9. The minimum Gasteiger partial charge on any atom is -0.496 e. The molecule has 0 saturated carbocycles. The summed E-state index contributed by atoms with van der Waals surface area (Å²) in [6.45, 7) is 1.94. The second-order valence-corrected chi connectivity index (χ2v) is 4.30. The van der Waals surface area contributed by atoms with Gasteiger partial charge in [0.25, 0.3) is 5.69 Å². The van der Waals surface area contributed by atoms with Crippen LogP contribution in [0.4, 0.5) is 11.4 Å². The SMILES string of the molecule is COc1cc(NC(C)c2ccccn2)cc([N+](=O)[O-])c1. The third kappa shape index (κ3) is 3.23. The van der Waals surface area contributed by atoms with Crippen molar-refractivity contribution < 1.29 is 9.66 Å². The van der Waals surface area contributed by atoms with Crippen molar-refractivity contribution in [2.24, 2.45) is 0 Å². The Hall–Kier alpha value is -2.63. The summed E-state index contributed by atoms with van der Waals surface area (Å²) in [7, 11) is 1.48. The summed E-state index contributed by atoms with van der Waals surface area (Å²) in [5.74, 6) is 0.440. The minimum atomic E-state index is -0.445. The molecule has 0 bridgehead atoms. The van der Waals surface area contributed by atoms with Gasteiger partial charge in [0.1, 0.15) is 5.75 Å². The number of hydrogen-bond donors (Lipinski definition) is 1. The first-order valence-electron chi connectivity index (χ1n) is 6.11. The van der Waals surface area contributed by atoms with Crippen molar-refractivity contribution in [1.82, 2.24) is 4.98 Å². The number of aromatic nitrogens is 1. The summed E-state index contributed by atoms with van der Waals surface area (Å²) >= 11 is 0. The van der Waals surface area contributed by atoms with Gasteiger partial charge in [0.2, 0.25) is 0 Å². The van der Waals surface area contributed by atoms with Crippen molar-refractivity contribution in [3.8, 4) is 5.75 Å². The third-order valence-electron chi connectivity index (χ3n) is 2.85. The Balaban J connectivity index is 2.24. The van der Waals surface area contributed by atoms with Crippen molar-refractivity contribution >= 4 is 11.4 Å². The third-order valence-corrected chi connectivity index (χ3v) is 2.85. The van der Waals surface area contributed by atoms with Gasteiger partial charge in [-0.1, -0.05) is 6.07 Å². The van der Waals surface area contributed by atoms with E-state index in [0.717, 1.165) is 5.69 Å². The Bertz CT molecular complexity index is 602.